The average molecular weight is 198 g/mol. The molecule has 0 radical (unpaired) electrons. The number of rotatable bonds is 4. The van der Waals surface area contributed by atoms with Gasteiger partial charge in [0, 0.05) is 0 Å². The van der Waals surface area contributed by atoms with Crippen LogP contribution in [0.15, 0.2) is 0 Å². The largest absolute Gasteiger partial charge is 0.390 e. The Bertz CT molecular complexity index is 155. The smallest absolute Gasteiger partial charge is 0.0648 e. The Morgan fingerprint density at radius 2 is 1.86 bits per heavy atom. The van der Waals surface area contributed by atoms with Crippen molar-refractivity contribution in [2.45, 2.75) is 71.3 Å². The minimum absolute atomic E-state index is 0.310. The molecule has 0 amide bonds. The SMILES string of the molecule is CCC1CCC(O)(CCC(C)C)CC1. The summed E-state index contributed by atoms with van der Waals surface area (Å²) in [6, 6.07) is 0. The summed E-state index contributed by atoms with van der Waals surface area (Å²) >= 11 is 0. The molecule has 1 fully saturated rings. The molecular formula is C13H26O. The summed E-state index contributed by atoms with van der Waals surface area (Å²) in [5, 5.41) is 10.3. The first-order chi connectivity index (χ1) is 6.56. The van der Waals surface area contributed by atoms with Crippen LogP contribution in [0.25, 0.3) is 0 Å². The number of aliphatic hydroxyl groups is 1. The molecule has 0 atom stereocenters. The number of hydrogen-bond acceptors (Lipinski definition) is 1. The quantitative estimate of drug-likeness (QED) is 0.729. The maximum Gasteiger partial charge on any atom is 0.0648 e. The zero-order valence-corrected chi connectivity index (χ0v) is 10.1. The van der Waals surface area contributed by atoms with Crippen molar-refractivity contribution in [1.82, 2.24) is 0 Å². The molecule has 0 saturated heterocycles. The van der Waals surface area contributed by atoms with E-state index in [1.54, 1.807) is 0 Å². The summed E-state index contributed by atoms with van der Waals surface area (Å²) in [5.41, 5.74) is -0.310. The van der Waals surface area contributed by atoms with Crippen LogP contribution in [0.2, 0.25) is 0 Å². The van der Waals surface area contributed by atoms with E-state index < -0.39 is 0 Å². The van der Waals surface area contributed by atoms with E-state index in [0.717, 1.165) is 31.1 Å². The van der Waals surface area contributed by atoms with Crippen LogP contribution in [-0.4, -0.2) is 10.7 Å². The van der Waals surface area contributed by atoms with Crippen LogP contribution < -0.4 is 0 Å². The zero-order chi connectivity index (χ0) is 10.6. The van der Waals surface area contributed by atoms with Crippen LogP contribution in [0.5, 0.6) is 0 Å². The molecule has 0 aromatic heterocycles. The molecule has 1 N–H and O–H groups in total. The van der Waals surface area contributed by atoms with Gasteiger partial charge < -0.3 is 5.11 Å². The summed E-state index contributed by atoms with van der Waals surface area (Å²) in [4.78, 5) is 0. The molecule has 1 rings (SSSR count). The van der Waals surface area contributed by atoms with Crippen molar-refractivity contribution < 1.29 is 5.11 Å². The van der Waals surface area contributed by atoms with E-state index in [1.165, 1.54) is 25.7 Å². The monoisotopic (exact) mass is 198 g/mol. The lowest BCUT2D eigenvalue weighted by molar-refractivity contribution is -0.0207. The van der Waals surface area contributed by atoms with Crippen molar-refractivity contribution in [1.29, 1.82) is 0 Å². The fourth-order valence-electron chi connectivity index (χ4n) is 2.43. The molecule has 0 unspecified atom stereocenters. The van der Waals surface area contributed by atoms with E-state index in [4.69, 9.17) is 0 Å². The molecule has 0 heterocycles. The highest BCUT2D eigenvalue weighted by atomic mass is 16.3. The third-order valence-corrected chi connectivity index (χ3v) is 3.80. The lowest BCUT2D eigenvalue weighted by Gasteiger charge is -2.36. The van der Waals surface area contributed by atoms with E-state index in [2.05, 4.69) is 20.8 Å². The second-order valence-electron chi connectivity index (χ2n) is 5.51. The fourth-order valence-corrected chi connectivity index (χ4v) is 2.43. The predicted octanol–water partition coefficient (Wildman–Crippen LogP) is 3.75. The Balaban J connectivity index is 2.30. The van der Waals surface area contributed by atoms with Gasteiger partial charge in [0.25, 0.3) is 0 Å². The maximum atomic E-state index is 10.3. The second kappa shape index (κ2) is 5.16. The molecule has 1 aliphatic rings. The highest BCUT2D eigenvalue weighted by molar-refractivity contribution is 4.85. The van der Waals surface area contributed by atoms with Crippen molar-refractivity contribution in [3.8, 4) is 0 Å². The normalized spacial score (nSPS) is 33.6. The summed E-state index contributed by atoms with van der Waals surface area (Å²) in [6.45, 7) is 6.74. The first-order valence-electron chi connectivity index (χ1n) is 6.28. The number of hydrogen-bond donors (Lipinski definition) is 1. The van der Waals surface area contributed by atoms with Gasteiger partial charge in [-0.15, -0.1) is 0 Å². The van der Waals surface area contributed by atoms with Gasteiger partial charge in [-0.25, -0.2) is 0 Å². The Labute approximate surface area is 88.9 Å². The van der Waals surface area contributed by atoms with Crippen molar-refractivity contribution >= 4 is 0 Å². The Morgan fingerprint density at radius 1 is 1.29 bits per heavy atom. The van der Waals surface area contributed by atoms with E-state index in [-0.39, 0.29) is 5.60 Å². The van der Waals surface area contributed by atoms with Gasteiger partial charge in [-0.1, -0.05) is 27.2 Å². The Hall–Kier alpha value is -0.0400. The van der Waals surface area contributed by atoms with Gasteiger partial charge in [0.1, 0.15) is 0 Å². The van der Waals surface area contributed by atoms with Crippen molar-refractivity contribution in [2.24, 2.45) is 11.8 Å². The molecule has 0 aromatic rings. The molecule has 1 saturated carbocycles. The van der Waals surface area contributed by atoms with Crippen molar-refractivity contribution in [3.63, 3.8) is 0 Å². The van der Waals surface area contributed by atoms with E-state index in [9.17, 15) is 5.11 Å². The molecule has 1 heteroatoms. The molecule has 0 bridgehead atoms. The topological polar surface area (TPSA) is 20.2 Å². The molecule has 84 valence electrons. The average Bonchev–Trinajstić information content (AvgIpc) is 2.16. The van der Waals surface area contributed by atoms with Gasteiger partial charge in [-0.3, -0.25) is 0 Å². The highest BCUT2D eigenvalue weighted by Gasteiger charge is 2.31. The molecule has 0 spiro atoms. The lowest BCUT2D eigenvalue weighted by Crippen LogP contribution is -2.34. The molecule has 14 heavy (non-hydrogen) atoms. The van der Waals surface area contributed by atoms with E-state index in [0.29, 0.717) is 0 Å². The van der Waals surface area contributed by atoms with Gasteiger partial charge >= 0.3 is 0 Å². The summed E-state index contributed by atoms with van der Waals surface area (Å²) in [6.07, 6.45) is 8.04. The van der Waals surface area contributed by atoms with Crippen LogP contribution in [0, 0.1) is 11.8 Å². The highest BCUT2D eigenvalue weighted by Crippen LogP contribution is 2.36. The molecule has 1 nitrogen and oxygen atoms in total. The lowest BCUT2D eigenvalue weighted by atomic mass is 9.75. The Morgan fingerprint density at radius 3 is 2.29 bits per heavy atom. The van der Waals surface area contributed by atoms with Gasteiger partial charge in [-0.2, -0.15) is 0 Å². The van der Waals surface area contributed by atoms with E-state index in [1.807, 2.05) is 0 Å². The van der Waals surface area contributed by atoms with Crippen LogP contribution in [-0.2, 0) is 0 Å². The second-order valence-corrected chi connectivity index (χ2v) is 5.51. The standard InChI is InChI=1S/C13H26O/c1-4-12-6-9-13(14,10-7-12)8-5-11(2)3/h11-12,14H,4-10H2,1-3H3. The van der Waals surface area contributed by atoms with Gasteiger partial charge in [0.2, 0.25) is 0 Å². The molecule has 0 aromatic carbocycles. The Kier molecular flexibility index (Phi) is 4.43. The third kappa shape index (κ3) is 3.61. The van der Waals surface area contributed by atoms with E-state index >= 15 is 0 Å². The maximum absolute atomic E-state index is 10.3. The van der Waals surface area contributed by atoms with Crippen molar-refractivity contribution in [2.75, 3.05) is 0 Å². The third-order valence-electron chi connectivity index (χ3n) is 3.80. The van der Waals surface area contributed by atoms with Gasteiger partial charge in [-0.05, 0) is 50.4 Å². The zero-order valence-electron chi connectivity index (χ0n) is 10.1. The van der Waals surface area contributed by atoms with Gasteiger partial charge in [0.15, 0.2) is 0 Å². The summed E-state index contributed by atoms with van der Waals surface area (Å²) in [5.74, 6) is 1.61. The van der Waals surface area contributed by atoms with Crippen LogP contribution in [0.4, 0.5) is 0 Å². The minimum atomic E-state index is -0.310. The first-order valence-corrected chi connectivity index (χ1v) is 6.28. The minimum Gasteiger partial charge on any atom is -0.390 e. The predicted molar refractivity (Wildman–Crippen MR) is 61.3 cm³/mol. The van der Waals surface area contributed by atoms with Gasteiger partial charge in [0.05, 0.1) is 5.60 Å². The summed E-state index contributed by atoms with van der Waals surface area (Å²) < 4.78 is 0. The fraction of sp³-hybridized carbons (Fsp3) is 1.00. The van der Waals surface area contributed by atoms with Crippen LogP contribution in [0.3, 0.4) is 0 Å². The summed E-state index contributed by atoms with van der Waals surface area (Å²) in [7, 11) is 0. The molecular weight excluding hydrogens is 172 g/mol. The first kappa shape index (κ1) is 12.0. The van der Waals surface area contributed by atoms with Crippen LogP contribution >= 0.6 is 0 Å². The molecule has 1 aliphatic carbocycles. The molecule has 0 aliphatic heterocycles. The van der Waals surface area contributed by atoms with Crippen LogP contribution in [0.1, 0.15) is 65.7 Å². The van der Waals surface area contributed by atoms with Crippen molar-refractivity contribution in [3.05, 3.63) is 0 Å².